The Labute approximate surface area is 106 Å². The average molecular weight is 300 g/mol. The fourth-order valence-electron chi connectivity index (χ4n) is 1.50. The summed E-state index contributed by atoms with van der Waals surface area (Å²) in [5.41, 5.74) is 0.656. The molecule has 1 aromatic carbocycles. The van der Waals surface area contributed by atoms with Crippen LogP contribution in [0.3, 0.4) is 0 Å². The summed E-state index contributed by atoms with van der Waals surface area (Å²) < 4.78 is 3.27. The van der Waals surface area contributed by atoms with Crippen LogP contribution in [0.2, 0.25) is 0 Å². The van der Waals surface area contributed by atoms with E-state index in [0.29, 0.717) is 22.7 Å². The highest BCUT2D eigenvalue weighted by atomic mass is 79.9. The van der Waals surface area contributed by atoms with Gasteiger partial charge in [-0.15, -0.1) is 0 Å². The first-order valence-electron chi connectivity index (χ1n) is 4.77. The molecule has 1 aromatic heterocycles. The molecule has 0 atom stereocenters. The number of phenolic OH excluding ortho intramolecular Hbond substituents is 1. The van der Waals surface area contributed by atoms with Crippen LogP contribution in [0.15, 0.2) is 22.7 Å². The molecule has 4 nitrogen and oxygen atoms in total. The Hall–Kier alpha value is -1.14. The molecule has 0 radical (unpaired) electrons. The Morgan fingerprint density at radius 2 is 2.31 bits per heavy atom. The summed E-state index contributed by atoms with van der Waals surface area (Å²) in [5.74, 6) is 0.832. The Morgan fingerprint density at radius 1 is 1.56 bits per heavy atom. The van der Waals surface area contributed by atoms with E-state index < -0.39 is 0 Å². The smallest absolute Gasteiger partial charge is 0.195 e. The van der Waals surface area contributed by atoms with Crippen molar-refractivity contribution in [3.8, 4) is 17.1 Å². The molecule has 0 spiro atoms. The summed E-state index contributed by atoms with van der Waals surface area (Å²) in [5, 5.41) is 16.6. The number of aromatic amines is 1. The van der Waals surface area contributed by atoms with E-state index in [-0.39, 0.29) is 5.75 Å². The lowest BCUT2D eigenvalue weighted by atomic mass is 10.2. The van der Waals surface area contributed by atoms with E-state index in [4.69, 9.17) is 12.2 Å². The third-order valence-electron chi connectivity index (χ3n) is 2.27. The average Bonchev–Trinajstić information content (AvgIpc) is 2.63. The van der Waals surface area contributed by atoms with Crippen LogP contribution < -0.4 is 0 Å². The molecule has 2 N–H and O–H groups in total. The van der Waals surface area contributed by atoms with Gasteiger partial charge in [-0.3, -0.25) is 5.10 Å². The number of H-pyrrole nitrogens is 1. The maximum atomic E-state index is 9.80. The van der Waals surface area contributed by atoms with Gasteiger partial charge in [0.15, 0.2) is 10.6 Å². The topological polar surface area (TPSA) is 53.8 Å². The van der Waals surface area contributed by atoms with Crippen molar-refractivity contribution in [3.63, 3.8) is 0 Å². The van der Waals surface area contributed by atoms with E-state index in [1.165, 1.54) is 0 Å². The van der Waals surface area contributed by atoms with Crippen LogP contribution in [0.5, 0.6) is 5.75 Å². The molecule has 0 saturated carbocycles. The van der Waals surface area contributed by atoms with Gasteiger partial charge in [-0.05, 0) is 37.3 Å². The van der Waals surface area contributed by atoms with Crippen LogP contribution in [-0.4, -0.2) is 19.9 Å². The molecule has 0 amide bonds. The second-order valence-electron chi connectivity index (χ2n) is 3.26. The van der Waals surface area contributed by atoms with Gasteiger partial charge in [-0.1, -0.05) is 15.9 Å². The van der Waals surface area contributed by atoms with Crippen LogP contribution in [0.4, 0.5) is 0 Å². The van der Waals surface area contributed by atoms with Gasteiger partial charge in [-0.2, -0.15) is 5.10 Å². The molecule has 0 aliphatic heterocycles. The zero-order valence-electron chi connectivity index (χ0n) is 8.57. The van der Waals surface area contributed by atoms with Crippen molar-refractivity contribution in [1.82, 2.24) is 14.8 Å². The SMILES string of the molecule is CCn1c(-c2cc(Br)ccc2O)n[nH]c1=S. The highest BCUT2D eigenvalue weighted by Gasteiger charge is 2.12. The molecule has 0 fully saturated rings. The van der Waals surface area contributed by atoms with Gasteiger partial charge in [0.05, 0.1) is 5.56 Å². The minimum Gasteiger partial charge on any atom is -0.507 e. The number of rotatable bonds is 2. The van der Waals surface area contributed by atoms with E-state index in [0.717, 1.165) is 4.47 Å². The van der Waals surface area contributed by atoms with Gasteiger partial charge < -0.3 is 9.67 Å². The minimum atomic E-state index is 0.187. The predicted molar refractivity (Wildman–Crippen MR) is 67.9 cm³/mol. The van der Waals surface area contributed by atoms with Crippen LogP contribution in [0, 0.1) is 4.77 Å². The number of aromatic hydroxyl groups is 1. The molecule has 2 aromatic rings. The Morgan fingerprint density at radius 3 is 3.00 bits per heavy atom. The standard InChI is InChI=1S/C10H10BrN3OS/c1-2-14-9(12-13-10(14)16)7-5-6(11)3-4-8(7)15/h3-5,15H,2H2,1H3,(H,13,16). The number of aromatic nitrogens is 3. The van der Waals surface area contributed by atoms with Gasteiger partial charge in [-0.25, -0.2) is 0 Å². The van der Waals surface area contributed by atoms with Crippen molar-refractivity contribution in [1.29, 1.82) is 0 Å². The normalized spacial score (nSPS) is 10.6. The van der Waals surface area contributed by atoms with Crippen molar-refractivity contribution in [3.05, 3.63) is 27.4 Å². The van der Waals surface area contributed by atoms with E-state index in [9.17, 15) is 5.11 Å². The van der Waals surface area contributed by atoms with Crippen molar-refractivity contribution < 1.29 is 5.11 Å². The van der Waals surface area contributed by atoms with Gasteiger partial charge in [0.2, 0.25) is 0 Å². The summed E-state index contributed by atoms with van der Waals surface area (Å²) in [6.07, 6.45) is 0. The fraction of sp³-hybridized carbons (Fsp3) is 0.200. The molecule has 2 rings (SSSR count). The molecule has 0 aliphatic rings. The van der Waals surface area contributed by atoms with Crippen molar-refractivity contribution >= 4 is 28.1 Å². The molecular formula is C10H10BrN3OS. The highest BCUT2D eigenvalue weighted by molar-refractivity contribution is 9.10. The first-order chi connectivity index (χ1) is 7.63. The third kappa shape index (κ3) is 1.90. The van der Waals surface area contributed by atoms with Gasteiger partial charge in [0, 0.05) is 11.0 Å². The third-order valence-corrected chi connectivity index (χ3v) is 3.08. The molecule has 6 heteroatoms. The second-order valence-corrected chi connectivity index (χ2v) is 4.56. The monoisotopic (exact) mass is 299 g/mol. The number of hydrogen-bond donors (Lipinski definition) is 2. The number of halogens is 1. The number of benzene rings is 1. The molecule has 0 unspecified atom stereocenters. The fourth-order valence-corrected chi connectivity index (χ4v) is 2.13. The lowest BCUT2D eigenvalue weighted by molar-refractivity contribution is 0.476. The van der Waals surface area contributed by atoms with Gasteiger partial charge in [0.25, 0.3) is 0 Å². The Kier molecular flexibility index (Phi) is 3.11. The summed E-state index contributed by atoms with van der Waals surface area (Å²) in [7, 11) is 0. The van der Waals surface area contributed by atoms with Gasteiger partial charge in [0.1, 0.15) is 5.75 Å². The largest absolute Gasteiger partial charge is 0.507 e. The van der Waals surface area contributed by atoms with E-state index in [1.807, 2.05) is 17.6 Å². The first-order valence-corrected chi connectivity index (χ1v) is 5.97. The maximum absolute atomic E-state index is 9.80. The summed E-state index contributed by atoms with van der Waals surface area (Å²) in [4.78, 5) is 0. The summed E-state index contributed by atoms with van der Waals surface area (Å²) in [6, 6.07) is 5.21. The molecule has 16 heavy (non-hydrogen) atoms. The van der Waals surface area contributed by atoms with Crippen LogP contribution >= 0.6 is 28.1 Å². The van der Waals surface area contributed by atoms with Crippen LogP contribution in [0.25, 0.3) is 11.4 Å². The van der Waals surface area contributed by atoms with Gasteiger partial charge >= 0.3 is 0 Å². The number of hydrogen-bond acceptors (Lipinski definition) is 3. The second kappa shape index (κ2) is 4.39. The highest BCUT2D eigenvalue weighted by Crippen LogP contribution is 2.30. The van der Waals surface area contributed by atoms with Crippen LogP contribution in [-0.2, 0) is 6.54 Å². The number of nitrogens with zero attached hydrogens (tertiary/aromatic N) is 2. The summed E-state index contributed by atoms with van der Waals surface area (Å²) >= 11 is 8.46. The van der Waals surface area contributed by atoms with Crippen molar-refractivity contribution in [2.24, 2.45) is 0 Å². The Balaban J connectivity index is 2.67. The van der Waals surface area contributed by atoms with E-state index >= 15 is 0 Å². The van der Waals surface area contributed by atoms with Crippen molar-refractivity contribution in [2.45, 2.75) is 13.5 Å². The molecule has 84 valence electrons. The molecule has 1 heterocycles. The maximum Gasteiger partial charge on any atom is 0.195 e. The molecule has 0 saturated heterocycles. The molecular weight excluding hydrogens is 290 g/mol. The van der Waals surface area contributed by atoms with Crippen LogP contribution in [0.1, 0.15) is 6.92 Å². The zero-order valence-corrected chi connectivity index (χ0v) is 11.0. The first kappa shape index (κ1) is 11.3. The summed E-state index contributed by atoms with van der Waals surface area (Å²) in [6.45, 7) is 2.68. The van der Waals surface area contributed by atoms with E-state index in [1.54, 1.807) is 12.1 Å². The Bertz CT molecular complexity index is 576. The number of nitrogens with one attached hydrogen (secondary N) is 1. The zero-order chi connectivity index (χ0) is 11.7. The minimum absolute atomic E-state index is 0.187. The molecule has 0 aliphatic carbocycles. The van der Waals surface area contributed by atoms with Crippen molar-refractivity contribution in [2.75, 3.05) is 0 Å². The quantitative estimate of drug-likeness (QED) is 0.838. The van der Waals surface area contributed by atoms with E-state index in [2.05, 4.69) is 26.1 Å². The molecule has 0 bridgehead atoms. The lowest BCUT2D eigenvalue weighted by Crippen LogP contribution is -1.97. The lowest BCUT2D eigenvalue weighted by Gasteiger charge is -2.06. The predicted octanol–water partition coefficient (Wildman–Crippen LogP) is 3.10. The number of phenols is 1.